The summed E-state index contributed by atoms with van der Waals surface area (Å²) in [7, 11) is 0. The Morgan fingerprint density at radius 1 is 1.45 bits per heavy atom. The van der Waals surface area contributed by atoms with Gasteiger partial charge in [0.15, 0.2) is 0 Å². The van der Waals surface area contributed by atoms with Crippen molar-refractivity contribution in [1.82, 2.24) is 15.0 Å². The molecule has 1 aromatic carbocycles. The average Bonchev–Trinajstić information content (AvgIpc) is 2.83. The second-order valence-electron chi connectivity index (χ2n) is 4.72. The molecular formula is C14H19N5O. The van der Waals surface area contributed by atoms with Gasteiger partial charge in [-0.2, -0.15) is 0 Å². The first-order valence-corrected chi connectivity index (χ1v) is 6.63. The molecule has 0 fully saturated rings. The van der Waals surface area contributed by atoms with Gasteiger partial charge in [0.1, 0.15) is 6.54 Å². The number of hydrogen-bond donors (Lipinski definition) is 2. The van der Waals surface area contributed by atoms with E-state index in [2.05, 4.69) is 15.6 Å². The Kier molecular flexibility index (Phi) is 4.84. The summed E-state index contributed by atoms with van der Waals surface area (Å²) in [6, 6.07) is 7.67. The van der Waals surface area contributed by atoms with Crippen LogP contribution in [0.15, 0.2) is 30.5 Å². The second kappa shape index (κ2) is 6.81. The molecule has 0 aliphatic rings. The van der Waals surface area contributed by atoms with E-state index < -0.39 is 0 Å². The standard InChI is InChI=1S/C14H19N5O/c1-11-4-2-5-12(8-11)16-14(20)10-19-9-13(17-18-19)6-3-7-15/h2,4-5,8-9H,3,6-7,10,15H2,1H3,(H,16,20). The number of aromatic nitrogens is 3. The van der Waals surface area contributed by atoms with Crippen LogP contribution in [-0.4, -0.2) is 27.4 Å². The van der Waals surface area contributed by atoms with Gasteiger partial charge in [0.25, 0.3) is 0 Å². The van der Waals surface area contributed by atoms with E-state index in [1.807, 2.05) is 31.2 Å². The molecule has 2 rings (SSSR count). The Labute approximate surface area is 118 Å². The summed E-state index contributed by atoms with van der Waals surface area (Å²) in [5, 5.41) is 10.8. The number of carbonyl (C=O) groups is 1. The zero-order valence-electron chi connectivity index (χ0n) is 11.5. The third-order valence-corrected chi connectivity index (χ3v) is 2.83. The summed E-state index contributed by atoms with van der Waals surface area (Å²) in [6.07, 6.45) is 3.44. The lowest BCUT2D eigenvalue weighted by Crippen LogP contribution is -2.19. The van der Waals surface area contributed by atoms with Gasteiger partial charge < -0.3 is 11.1 Å². The molecule has 0 saturated carbocycles. The Bertz CT molecular complexity index is 578. The fraction of sp³-hybridized carbons (Fsp3) is 0.357. The van der Waals surface area contributed by atoms with Crippen molar-refractivity contribution in [2.24, 2.45) is 5.73 Å². The molecule has 6 nitrogen and oxygen atoms in total. The molecule has 2 aromatic rings. The maximum absolute atomic E-state index is 11.9. The molecule has 20 heavy (non-hydrogen) atoms. The lowest BCUT2D eigenvalue weighted by Gasteiger charge is -2.05. The van der Waals surface area contributed by atoms with Gasteiger partial charge in [0.2, 0.25) is 5.91 Å². The molecule has 0 aliphatic carbocycles. The van der Waals surface area contributed by atoms with Crippen molar-refractivity contribution in [2.75, 3.05) is 11.9 Å². The van der Waals surface area contributed by atoms with Gasteiger partial charge in [0.05, 0.1) is 5.69 Å². The highest BCUT2D eigenvalue weighted by Gasteiger charge is 2.06. The van der Waals surface area contributed by atoms with Crippen LogP contribution < -0.4 is 11.1 Å². The molecule has 0 unspecified atom stereocenters. The molecule has 1 aromatic heterocycles. The molecule has 1 amide bonds. The molecule has 106 valence electrons. The zero-order chi connectivity index (χ0) is 14.4. The molecule has 6 heteroatoms. The van der Waals surface area contributed by atoms with Crippen molar-refractivity contribution in [3.05, 3.63) is 41.7 Å². The summed E-state index contributed by atoms with van der Waals surface area (Å²) in [5.41, 5.74) is 8.20. The van der Waals surface area contributed by atoms with Crippen LogP contribution in [0.1, 0.15) is 17.7 Å². The average molecular weight is 273 g/mol. The molecule has 0 atom stereocenters. The molecule has 0 saturated heterocycles. The minimum atomic E-state index is -0.120. The monoisotopic (exact) mass is 273 g/mol. The van der Waals surface area contributed by atoms with Crippen molar-refractivity contribution in [1.29, 1.82) is 0 Å². The zero-order valence-corrected chi connectivity index (χ0v) is 11.5. The SMILES string of the molecule is Cc1cccc(NC(=O)Cn2cc(CCCN)nn2)c1. The van der Waals surface area contributed by atoms with Crippen molar-refractivity contribution in [3.8, 4) is 0 Å². The summed E-state index contributed by atoms with van der Waals surface area (Å²) in [6.45, 7) is 2.76. The number of nitrogens with two attached hydrogens (primary N) is 1. The van der Waals surface area contributed by atoms with Crippen LogP contribution in [-0.2, 0) is 17.8 Å². The fourth-order valence-electron chi connectivity index (χ4n) is 1.88. The first-order valence-electron chi connectivity index (χ1n) is 6.63. The van der Waals surface area contributed by atoms with Crippen molar-refractivity contribution < 1.29 is 4.79 Å². The van der Waals surface area contributed by atoms with Crippen LogP contribution in [0.25, 0.3) is 0 Å². The highest BCUT2D eigenvalue weighted by Crippen LogP contribution is 2.09. The molecule has 0 bridgehead atoms. The van der Waals surface area contributed by atoms with Gasteiger partial charge in [-0.25, -0.2) is 4.68 Å². The maximum Gasteiger partial charge on any atom is 0.246 e. The van der Waals surface area contributed by atoms with Crippen LogP contribution in [0.5, 0.6) is 0 Å². The number of aryl methyl sites for hydroxylation is 2. The van der Waals surface area contributed by atoms with E-state index in [1.165, 1.54) is 4.68 Å². The van der Waals surface area contributed by atoms with Crippen molar-refractivity contribution in [2.45, 2.75) is 26.3 Å². The molecule has 1 heterocycles. The molecule has 0 radical (unpaired) electrons. The quantitative estimate of drug-likeness (QED) is 0.825. The normalized spacial score (nSPS) is 10.5. The topological polar surface area (TPSA) is 85.8 Å². The van der Waals surface area contributed by atoms with E-state index in [0.717, 1.165) is 29.8 Å². The molecular weight excluding hydrogens is 254 g/mol. The third kappa shape index (κ3) is 4.17. The summed E-state index contributed by atoms with van der Waals surface area (Å²) in [5.74, 6) is -0.120. The van der Waals surface area contributed by atoms with Crippen LogP contribution in [0, 0.1) is 6.92 Å². The number of benzene rings is 1. The van der Waals surface area contributed by atoms with E-state index in [0.29, 0.717) is 6.54 Å². The van der Waals surface area contributed by atoms with E-state index in [4.69, 9.17) is 5.73 Å². The highest BCUT2D eigenvalue weighted by molar-refractivity contribution is 5.90. The van der Waals surface area contributed by atoms with Gasteiger partial charge >= 0.3 is 0 Å². The van der Waals surface area contributed by atoms with Gasteiger partial charge in [0, 0.05) is 11.9 Å². The molecule has 3 N–H and O–H groups in total. The van der Waals surface area contributed by atoms with Crippen molar-refractivity contribution in [3.63, 3.8) is 0 Å². The highest BCUT2D eigenvalue weighted by atomic mass is 16.2. The number of carbonyl (C=O) groups excluding carboxylic acids is 1. The van der Waals surface area contributed by atoms with Gasteiger partial charge in [-0.05, 0) is 44.0 Å². The predicted molar refractivity (Wildman–Crippen MR) is 77.2 cm³/mol. The predicted octanol–water partition coefficient (Wildman–Crippen LogP) is 1.12. The number of hydrogen-bond acceptors (Lipinski definition) is 4. The molecule has 0 aliphatic heterocycles. The minimum absolute atomic E-state index is 0.120. The minimum Gasteiger partial charge on any atom is -0.330 e. The van der Waals surface area contributed by atoms with Crippen molar-refractivity contribution >= 4 is 11.6 Å². The van der Waals surface area contributed by atoms with Gasteiger partial charge in [-0.15, -0.1) is 5.10 Å². The number of nitrogens with one attached hydrogen (secondary N) is 1. The Balaban J connectivity index is 1.89. The lowest BCUT2D eigenvalue weighted by molar-refractivity contribution is -0.116. The smallest absolute Gasteiger partial charge is 0.246 e. The largest absolute Gasteiger partial charge is 0.330 e. The van der Waals surface area contributed by atoms with E-state index >= 15 is 0 Å². The summed E-state index contributed by atoms with van der Waals surface area (Å²) >= 11 is 0. The lowest BCUT2D eigenvalue weighted by atomic mass is 10.2. The Hall–Kier alpha value is -2.21. The van der Waals surface area contributed by atoms with E-state index in [-0.39, 0.29) is 12.5 Å². The first-order chi connectivity index (χ1) is 9.67. The maximum atomic E-state index is 11.9. The number of anilines is 1. The summed E-state index contributed by atoms with van der Waals surface area (Å²) < 4.78 is 1.54. The third-order valence-electron chi connectivity index (χ3n) is 2.83. The van der Waals surface area contributed by atoms with Crippen LogP contribution in [0.3, 0.4) is 0 Å². The Morgan fingerprint density at radius 3 is 3.05 bits per heavy atom. The van der Waals surface area contributed by atoms with E-state index in [1.54, 1.807) is 6.20 Å². The summed E-state index contributed by atoms with van der Waals surface area (Å²) in [4.78, 5) is 11.9. The Morgan fingerprint density at radius 2 is 2.30 bits per heavy atom. The fourth-order valence-corrected chi connectivity index (χ4v) is 1.88. The van der Waals surface area contributed by atoms with Crippen LogP contribution in [0.2, 0.25) is 0 Å². The second-order valence-corrected chi connectivity index (χ2v) is 4.72. The number of nitrogens with zero attached hydrogens (tertiary/aromatic N) is 3. The van der Waals surface area contributed by atoms with E-state index in [9.17, 15) is 4.79 Å². The molecule has 0 spiro atoms. The van der Waals surface area contributed by atoms with Gasteiger partial charge in [-0.3, -0.25) is 4.79 Å². The number of amides is 1. The van der Waals surface area contributed by atoms with Crippen LogP contribution >= 0.6 is 0 Å². The van der Waals surface area contributed by atoms with Gasteiger partial charge in [-0.1, -0.05) is 17.3 Å². The first kappa shape index (κ1) is 14.2. The van der Waals surface area contributed by atoms with Crippen LogP contribution in [0.4, 0.5) is 5.69 Å². The number of rotatable bonds is 6.